The van der Waals surface area contributed by atoms with E-state index in [0.29, 0.717) is 6.54 Å². The maximum absolute atomic E-state index is 6.77. The average Bonchev–Trinajstić information content (AvgIpc) is 2.53. The molecule has 2 rings (SSSR count). The summed E-state index contributed by atoms with van der Waals surface area (Å²) in [5, 5.41) is 0. The lowest BCUT2D eigenvalue weighted by molar-refractivity contribution is 0.354. The van der Waals surface area contributed by atoms with Crippen LogP contribution in [0.2, 0.25) is 0 Å². The van der Waals surface area contributed by atoms with Crippen LogP contribution in [-0.2, 0) is 13.0 Å². The van der Waals surface area contributed by atoms with Gasteiger partial charge in [-0.25, -0.2) is 6.57 Å². The zero-order chi connectivity index (χ0) is 8.39. The van der Waals surface area contributed by atoms with Crippen LogP contribution >= 0.6 is 0 Å². The van der Waals surface area contributed by atoms with Crippen LogP contribution in [0.5, 0.6) is 5.75 Å². The van der Waals surface area contributed by atoms with Gasteiger partial charge in [-0.1, -0.05) is 12.1 Å². The lowest BCUT2D eigenvalue weighted by Crippen LogP contribution is -1.89. The molecule has 1 aliphatic rings. The monoisotopic (exact) mass is 159 g/mol. The van der Waals surface area contributed by atoms with E-state index in [1.54, 1.807) is 0 Å². The number of fused-ring (bicyclic) bond motifs is 1. The molecule has 0 radical (unpaired) electrons. The van der Waals surface area contributed by atoms with Crippen LogP contribution in [0.25, 0.3) is 4.85 Å². The molecule has 0 fully saturated rings. The highest BCUT2D eigenvalue weighted by molar-refractivity contribution is 5.44. The lowest BCUT2D eigenvalue weighted by atomic mass is 10.1. The van der Waals surface area contributed by atoms with Crippen LogP contribution in [-0.4, -0.2) is 6.61 Å². The topological polar surface area (TPSA) is 13.6 Å². The molecule has 0 unspecified atom stereocenters. The van der Waals surface area contributed by atoms with E-state index < -0.39 is 0 Å². The van der Waals surface area contributed by atoms with Crippen LogP contribution in [0.4, 0.5) is 0 Å². The Morgan fingerprint density at radius 2 is 2.42 bits per heavy atom. The van der Waals surface area contributed by atoms with Crippen molar-refractivity contribution in [3.05, 3.63) is 40.7 Å². The quantitative estimate of drug-likeness (QED) is 0.572. The van der Waals surface area contributed by atoms with Gasteiger partial charge in [0.2, 0.25) is 6.54 Å². The van der Waals surface area contributed by atoms with Gasteiger partial charge < -0.3 is 9.58 Å². The number of para-hydroxylation sites is 1. The summed E-state index contributed by atoms with van der Waals surface area (Å²) in [6.07, 6.45) is 0.987. The van der Waals surface area contributed by atoms with Crippen molar-refractivity contribution in [1.82, 2.24) is 0 Å². The van der Waals surface area contributed by atoms with Crippen molar-refractivity contribution in [1.29, 1.82) is 0 Å². The summed E-state index contributed by atoms with van der Waals surface area (Å²) in [6, 6.07) is 6.02. The third kappa shape index (κ3) is 1.04. The Balaban J connectivity index is 2.44. The Bertz CT molecular complexity index is 338. The summed E-state index contributed by atoms with van der Waals surface area (Å²) < 4.78 is 5.44. The van der Waals surface area contributed by atoms with Gasteiger partial charge in [-0.3, -0.25) is 0 Å². The minimum atomic E-state index is 0.434. The molecule has 2 heteroatoms. The van der Waals surface area contributed by atoms with Gasteiger partial charge in [0.25, 0.3) is 0 Å². The highest BCUT2D eigenvalue weighted by Gasteiger charge is 2.16. The van der Waals surface area contributed by atoms with Crippen molar-refractivity contribution in [3.8, 4) is 5.75 Å². The summed E-state index contributed by atoms with van der Waals surface area (Å²) >= 11 is 0. The van der Waals surface area contributed by atoms with Crippen LogP contribution in [0.15, 0.2) is 18.2 Å². The maximum Gasteiger partial charge on any atom is 0.243 e. The molecule has 60 valence electrons. The van der Waals surface area contributed by atoms with Crippen LogP contribution in [0, 0.1) is 6.57 Å². The molecular formula is C10H9NO. The van der Waals surface area contributed by atoms with Gasteiger partial charge in [0.1, 0.15) is 5.75 Å². The van der Waals surface area contributed by atoms with Crippen LogP contribution in [0.1, 0.15) is 11.1 Å². The summed E-state index contributed by atoms with van der Waals surface area (Å²) in [5.41, 5.74) is 2.27. The second-order valence-corrected chi connectivity index (χ2v) is 2.82. The number of hydrogen-bond donors (Lipinski definition) is 0. The molecule has 12 heavy (non-hydrogen) atoms. The molecule has 0 bridgehead atoms. The Morgan fingerprint density at radius 1 is 1.50 bits per heavy atom. The Kier molecular flexibility index (Phi) is 1.71. The van der Waals surface area contributed by atoms with Gasteiger partial charge in [-0.05, 0) is 11.6 Å². The van der Waals surface area contributed by atoms with Crippen molar-refractivity contribution in [2.24, 2.45) is 0 Å². The summed E-state index contributed by atoms with van der Waals surface area (Å²) in [5.74, 6) is 0.952. The fourth-order valence-corrected chi connectivity index (χ4v) is 1.49. The van der Waals surface area contributed by atoms with Gasteiger partial charge in [0, 0.05) is 6.42 Å². The van der Waals surface area contributed by atoms with E-state index in [2.05, 4.69) is 10.9 Å². The second-order valence-electron chi connectivity index (χ2n) is 2.82. The summed E-state index contributed by atoms with van der Waals surface area (Å²) in [6.45, 7) is 7.97. The number of benzene rings is 1. The number of rotatable bonds is 1. The van der Waals surface area contributed by atoms with Crippen LogP contribution in [0.3, 0.4) is 0 Å². The highest BCUT2D eigenvalue weighted by Crippen LogP contribution is 2.29. The van der Waals surface area contributed by atoms with Crippen molar-refractivity contribution < 1.29 is 4.74 Å². The standard InChI is InChI=1S/C10H9NO/c1-11-7-9-4-2-3-8-5-6-12-10(8)9/h2-4H,5-7H2. The third-order valence-corrected chi connectivity index (χ3v) is 2.05. The highest BCUT2D eigenvalue weighted by atomic mass is 16.5. The first-order chi connectivity index (χ1) is 5.92. The summed E-state index contributed by atoms with van der Waals surface area (Å²) in [4.78, 5) is 3.35. The van der Waals surface area contributed by atoms with Crippen molar-refractivity contribution in [3.63, 3.8) is 0 Å². The van der Waals surface area contributed by atoms with E-state index in [1.165, 1.54) is 5.56 Å². The molecule has 0 aliphatic carbocycles. The summed E-state index contributed by atoms with van der Waals surface area (Å²) in [7, 11) is 0. The van der Waals surface area contributed by atoms with Gasteiger partial charge in [-0.2, -0.15) is 0 Å². The van der Waals surface area contributed by atoms with Crippen molar-refractivity contribution in [2.75, 3.05) is 6.61 Å². The fraction of sp³-hybridized carbons (Fsp3) is 0.300. The van der Waals surface area contributed by atoms with E-state index in [-0.39, 0.29) is 0 Å². The largest absolute Gasteiger partial charge is 0.492 e. The Labute approximate surface area is 71.6 Å². The first kappa shape index (κ1) is 7.17. The van der Waals surface area contributed by atoms with Crippen LogP contribution < -0.4 is 4.74 Å². The molecule has 0 amide bonds. The number of hydrogen-bond acceptors (Lipinski definition) is 1. The lowest BCUT2D eigenvalue weighted by Gasteiger charge is -2.01. The smallest absolute Gasteiger partial charge is 0.243 e. The molecule has 0 aromatic heterocycles. The molecule has 1 aliphatic heterocycles. The van der Waals surface area contributed by atoms with E-state index in [9.17, 15) is 0 Å². The number of ether oxygens (including phenoxy) is 1. The van der Waals surface area contributed by atoms with Gasteiger partial charge in [0.15, 0.2) is 0 Å². The number of nitrogens with zero attached hydrogens (tertiary/aromatic N) is 1. The molecule has 0 saturated carbocycles. The molecule has 2 nitrogen and oxygen atoms in total. The van der Waals surface area contributed by atoms with E-state index in [4.69, 9.17) is 11.3 Å². The normalized spacial score (nSPS) is 13.2. The van der Waals surface area contributed by atoms with Gasteiger partial charge in [0.05, 0.1) is 12.2 Å². The molecule has 0 saturated heterocycles. The zero-order valence-corrected chi connectivity index (χ0v) is 6.71. The predicted octanol–water partition coefficient (Wildman–Crippen LogP) is 2.04. The molecule has 0 N–H and O–H groups in total. The Morgan fingerprint density at radius 3 is 3.25 bits per heavy atom. The SMILES string of the molecule is [C-]#[N+]Cc1cccc2c1OCC2. The van der Waals surface area contributed by atoms with Crippen molar-refractivity contribution >= 4 is 0 Å². The second kappa shape index (κ2) is 2.86. The molecular weight excluding hydrogens is 150 g/mol. The molecule has 0 atom stereocenters. The zero-order valence-electron chi connectivity index (χ0n) is 6.71. The van der Waals surface area contributed by atoms with Gasteiger partial charge >= 0.3 is 0 Å². The maximum atomic E-state index is 6.77. The van der Waals surface area contributed by atoms with E-state index in [0.717, 1.165) is 24.3 Å². The average molecular weight is 159 g/mol. The van der Waals surface area contributed by atoms with Gasteiger partial charge in [-0.15, -0.1) is 0 Å². The van der Waals surface area contributed by atoms with E-state index in [1.807, 2.05) is 12.1 Å². The van der Waals surface area contributed by atoms with E-state index >= 15 is 0 Å². The van der Waals surface area contributed by atoms with Crippen molar-refractivity contribution in [2.45, 2.75) is 13.0 Å². The molecule has 0 spiro atoms. The minimum absolute atomic E-state index is 0.434. The fourth-order valence-electron chi connectivity index (χ4n) is 1.49. The predicted molar refractivity (Wildman–Crippen MR) is 45.9 cm³/mol. The third-order valence-electron chi connectivity index (χ3n) is 2.05. The minimum Gasteiger partial charge on any atom is -0.492 e. The Hall–Kier alpha value is -1.49. The first-order valence-electron chi connectivity index (χ1n) is 3.98. The molecule has 1 heterocycles. The molecule has 1 aromatic rings. The first-order valence-corrected chi connectivity index (χ1v) is 3.98. The molecule has 1 aromatic carbocycles.